The molecule has 0 bridgehead atoms. The van der Waals surface area contributed by atoms with Gasteiger partial charge in [-0.3, -0.25) is 9.59 Å². The van der Waals surface area contributed by atoms with Gasteiger partial charge < -0.3 is 10.0 Å². The number of hydrogen-bond acceptors (Lipinski definition) is 6. The molecule has 1 N–H and O–H groups in total. The molecule has 0 radical (unpaired) electrons. The number of carboxylic acids is 1. The van der Waals surface area contributed by atoms with E-state index in [0.29, 0.717) is 18.8 Å². The van der Waals surface area contributed by atoms with E-state index in [-0.39, 0.29) is 18.1 Å². The van der Waals surface area contributed by atoms with Crippen molar-refractivity contribution in [2.45, 2.75) is 6.42 Å². The highest BCUT2D eigenvalue weighted by Crippen LogP contribution is 2.25. The highest BCUT2D eigenvalue weighted by atomic mass is 32.1. The summed E-state index contributed by atoms with van der Waals surface area (Å²) in [5.74, 6) is -1.27. The predicted molar refractivity (Wildman–Crippen MR) is 104 cm³/mol. The van der Waals surface area contributed by atoms with Crippen LogP contribution in [0.3, 0.4) is 0 Å². The maximum atomic E-state index is 13.3. The lowest BCUT2D eigenvalue weighted by Crippen LogP contribution is -2.32. The Kier molecular flexibility index (Phi) is 4.98. The first-order valence-corrected chi connectivity index (χ1v) is 9.63. The molecule has 4 rings (SSSR count). The van der Waals surface area contributed by atoms with Crippen molar-refractivity contribution < 1.29 is 14.7 Å². The second kappa shape index (κ2) is 7.73. The average molecular weight is 395 g/mol. The number of benzene rings is 1. The summed E-state index contributed by atoms with van der Waals surface area (Å²) in [6, 6.07) is 13.2. The lowest BCUT2D eigenvalue weighted by molar-refractivity contribution is -0.141. The number of carbonyl (C=O) groups is 2. The van der Waals surface area contributed by atoms with E-state index in [4.69, 9.17) is 0 Å². The third kappa shape index (κ3) is 3.56. The van der Waals surface area contributed by atoms with Gasteiger partial charge in [-0.2, -0.15) is 4.68 Å². The molecule has 3 heterocycles. The Morgan fingerprint density at radius 2 is 2.00 bits per heavy atom. The number of likely N-dealkylation sites (tertiary alicyclic amines) is 1. The van der Waals surface area contributed by atoms with Crippen molar-refractivity contribution in [2.24, 2.45) is 5.92 Å². The summed E-state index contributed by atoms with van der Waals surface area (Å²) in [6.45, 7) is 0.569. The van der Waals surface area contributed by atoms with Gasteiger partial charge in [-0.25, -0.2) is 0 Å². The molecule has 1 aromatic carbocycles. The summed E-state index contributed by atoms with van der Waals surface area (Å²) < 4.78 is 1.42. The van der Waals surface area contributed by atoms with Gasteiger partial charge in [-0.1, -0.05) is 36.4 Å². The van der Waals surface area contributed by atoms with Crippen LogP contribution in [0.1, 0.15) is 11.3 Å². The maximum Gasteiger partial charge on any atom is 0.308 e. The molecule has 1 amide bonds. The number of aromatic nitrogens is 4. The Labute approximate surface area is 164 Å². The fourth-order valence-corrected chi connectivity index (χ4v) is 3.80. The molecule has 0 spiro atoms. The minimum Gasteiger partial charge on any atom is -0.481 e. The summed E-state index contributed by atoms with van der Waals surface area (Å²) >= 11 is 1.49. The van der Waals surface area contributed by atoms with E-state index in [1.165, 1.54) is 16.0 Å². The first kappa shape index (κ1) is 18.1. The number of carboxylic acid groups (broad SMARTS) is 1. The molecular weight excluding hydrogens is 378 g/mol. The van der Waals surface area contributed by atoms with E-state index in [2.05, 4.69) is 15.5 Å². The van der Waals surface area contributed by atoms with E-state index < -0.39 is 11.9 Å². The molecular formula is C19H17N5O3S. The number of carbonyl (C=O) groups excluding carboxylic acids is 1. The van der Waals surface area contributed by atoms with Gasteiger partial charge in [0.15, 0.2) is 5.82 Å². The first-order chi connectivity index (χ1) is 13.6. The lowest BCUT2D eigenvalue weighted by Gasteiger charge is -2.18. The second-order valence-corrected chi connectivity index (χ2v) is 7.38. The van der Waals surface area contributed by atoms with Crippen LogP contribution < -0.4 is 0 Å². The van der Waals surface area contributed by atoms with Crippen molar-refractivity contribution in [1.82, 2.24) is 25.1 Å². The SMILES string of the molecule is O=C(O)C1CCN(C(=O)/C(=C\c2cccs2)n2nnnc2-c2ccccc2)C1. The van der Waals surface area contributed by atoms with Gasteiger partial charge in [0.2, 0.25) is 0 Å². The number of aliphatic carboxylic acids is 1. The number of hydrogen-bond donors (Lipinski definition) is 1. The molecule has 9 heteroatoms. The fourth-order valence-electron chi connectivity index (χ4n) is 3.15. The van der Waals surface area contributed by atoms with Gasteiger partial charge >= 0.3 is 5.97 Å². The van der Waals surface area contributed by atoms with Crippen LogP contribution in [0.4, 0.5) is 0 Å². The standard InChI is InChI=1S/C19H17N5O3S/c25-18(23-9-8-14(12-23)19(26)27)16(11-15-7-4-10-28-15)24-17(20-21-22-24)13-5-2-1-3-6-13/h1-7,10-11,14H,8-9,12H2,(H,26,27)/b16-11+. The third-order valence-corrected chi connectivity index (χ3v) is 5.41. The normalized spacial score (nSPS) is 17.1. The Morgan fingerprint density at radius 1 is 1.18 bits per heavy atom. The van der Waals surface area contributed by atoms with Crippen molar-refractivity contribution in [3.63, 3.8) is 0 Å². The van der Waals surface area contributed by atoms with Gasteiger partial charge in [-0.05, 0) is 34.4 Å². The molecule has 8 nitrogen and oxygen atoms in total. The molecule has 28 heavy (non-hydrogen) atoms. The number of rotatable bonds is 5. The van der Waals surface area contributed by atoms with Gasteiger partial charge in [0.1, 0.15) is 5.70 Å². The van der Waals surface area contributed by atoms with E-state index in [1.54, 1.807) is 11.0 Å². The van der Waals surface area contributed by atoms with Gasteiger partial charge in [0.25, 0.3) is 5.91 Å². The van der Waals surface area contributed by atoms with Gasteiger partial charge in [0.05, 0.1) is 5.92 Å². The van der Waals surface area contributed by atoms with E-state index >= 15 is 0 Å². The molecule has 1 atom stereocenters. The van der Waals surface area contributed by atoms with Crippen LogP contribution in [0.5, 0.6) is 0 Å². The van der Waals surface area contributed by atoms with Crippen LogP contribution in [0, 0.1) is 5.92 Å². The molecule has 1 unspecified atom stereocenters. The van der Waals surface area contributed by atoms with Crippen molar-refractivity contribution in [1.29, 1.82) is 0 Å². The van der Waals surface area contributed by atoms with Crippen LogP contribution in [0.15, 0.2) is 47.8 Å². The number of nitrogens with zero attached hydrogens (tertiary/aromatic N) is 5. The van der Waals surface area contributed by atoms with Gasteiger partial charge in [-0.15, -0.1) is 16.4 Å². The summed E-state index contributed by atoms with van der Waals surface area (Å²) in [5, 5.41) is 23.1. The Morgan fingerprint density at radius 3 is 2.68 bits per heavy atom. The van der Waals surface area contributed by atoms with Crippen molar-refractivity contribution in [2.75, 3.05) is 13.1 Å². The Balaban J connectivity index is 1.74. The highest BCUT2D eigenvalue weighted by molar-refractivity contribution is 7.10. The topological polar surface area (TPSA) is 101 Å². The van der Waals surface area contributed by atoms with E-state index in [9.17, 15) is 14.7 Å². The fraction of sp³-hybridized carbons (Fsp3) is 0.211. The molecule has 0 aliphatic carbocycles. The summed E-state index contributed by atoms with van der Waals surface area (Å²) in [6.07, 6.45) is 2.18. The largest absolute Gasteiger partial charge is 0.481 e. The quantitative estimate of drug-likeness (QED) is 0.666. The lowest BCUT2D eigenvalue weighted by atomic mass is 10.1. The monoisotopic (exact) mass is 395 g/mol. The molecule has 1 fully saturated rings. The maximum absolute atomic E-state index is 13.3. The first-order valence-electron chi connectivity index (χ1n) is 8.75. The summed E-state index contributed by atoms with van der Waals surface area (Å²) in [7, 11) is 0. The molecule has 142 valence electrons. The zero-order chi connectivity index (χ0) is 19.5. The zero-order valence-corrected chi connectivity index (χ0v) is 15.6. The van der Waals surface area contributed by atoms with Crippen LogP contribution in [-0.4, -0.2) is 55.2 Å². The van der Waals surface area contributed by atoms with Crippen LogP contribution in [0.25, 0.3) is 23.2 Å². The predicted octanol–water partition coefficient (Wildman–Crippen LogP) is 2.33. The van der Waals surface area contributed by atoms with Crippen LogP contribution >= 0.6 is 11.3 Å². The number of thiophene rings is 1. The van der Waals surface area contributed by atoms with Crippen molar-refractivity contribution in [3.8, 4) is 11.4 Å². The zero-order valence-electron chi connectivity index (χ0n) is 14.8. The minimum atomic E-state index is -0.883. The minimum absolute atomic E-state index is 0.179. The van der Waals surface area contributed by atoms with Gasteiger partial charge in [0, 0.05) is 23.5 Å². The second-order valence-electron chi connectivity index (χ2n) is 6.40. The number of amides is 1. The third-order valence-electron chi connectivity index (χ3n) is 4.60. The number of tetrazole rings is 1. The summed E-state index contributed by atoms with van der Waals surface area (Å²) in [4.78, 5) is 27.0. The van der Waals surface area contributed by atoms with Crippen LogP contribution in [0.2, 0.25) is 0 Å². The molecule has 1 saturated heterocycles. The highest BCUT2D eigenvalue weighted by Gasteiger charge is 2.33. The molecule has 1 aliphatic heterocycles. The molecule has 0 saturated carbocycles. The van der Waals surface area contributed by atoms with Crippen molar-refractivity contribution >= 4 is 35.0 Å². The van der Waals surface area contributed by atoms with Crippen LogP contribution in [-0.2, 0) is 9.59 Å². The van der Waals surface area contributed by atoms with Crippen molar-refractivity contribution in [3.05, 3.63) is 52.7 Å². The Bertz CT molecular complexity index is 1010. The summed E-state index contributed by atoms with van der Waals surface area (Å²) in [5.41, 5.74) is 1.07. The van der Waals surface area contributed by atoms with E-state index in [0.717, 1.165) is 10.4 Å². The average Bonchev–Trinajstić information content (AvgIpc) is 3.47. The molecule has 2 aromatic heterocycles. The smallest absolute Gasteiger partial charge is 0.308 e. The molecule has 3 aromatic rings. The van der Waals surface area contributed by atoms with E-state index in [1.807, 2.05) is 47.8 Å². The Hall–Kier alpha value is -3.33. The molecule has 1 aliphatic rings.